The summed E-state index contributed by atoms with van der Waals surface area (Å²) in [6, 6.07) is 0. The average molecular weight is 170 g/mol. The number of hydrogen-bond acceptors (Lipinski definition) is 2. The summed E-state index contributed by atoms with van der Waals surface area (Å²) < 4.78 is 0. The van der Waals surface area contributed by atoms with Gasteiger partial charge in [0.15, 0.2) is 0 Å². The van der Waals surface area contributed by atoms with Gasteiger partial charge in [-0.3, -0.25) is 4.90 Å². The molecule has 0 aromatic rings. The molecular weight excluding hydrogens is 148 g/mol. The molecule has 1 aliphatic heterocycles. The molecule has 72 valence electrons. The Bertz CT molecular complexity index is 143. The van der Waals surface area contributed by atoms with Crippen LogP contribution in [0.5, 0.6) is 0 Å². The minimum Gasteiger partial charge on any atom is -0.330 e. The van der Waals surface area contributed by atoms with Crippen molar-refractivity contribution in [1.82, 2.24) is 4.90 Å². The topological polar surface area (TPSA) is 29.3 Å². The molecule has 0 radical (unpaired) electrons. The molecule has 12 heavy (non-hydrogen) atoms. The summed E-state index contributed by atoms with van der Waals surface area (Å²) in [5, 5.41) is 0. The zero-order valence-corrected chi connectivity index (χ0v) is 8.64. The number of rotatable bonds is 2. The van der Waals surface area contributed by atoms with Crippen molar-refractivity contribution < 1.29 is 0 Å². The van der Waals surface area contributed by atoms with E-state index in [1.165, 1.54) is 25.9 Å². The van der Waals surface area contributed by atoms with E-state index in [2.05, 4.69) is 25.7 Å². The van der Waals surface area contributed by atoms with E-state index in [9.17, 15) is 0 Å². The molecule has 1 atom stereocenters. The van der Waals surface area contributed by atoms with Gasteiger partial charge in [-0.15, -0.1) is 0 Å². The van der Waals surface area contributed by atoms with Crippen molar-refractivity contribution in [2.75, 3.05) is 19.6 Å². The third kappa shape index (κ3) is 1.99. The van der Waals surface area contributed by atoms with Crippen molar-refractivity contribution in [3.8, 4) is 0 Å². The van der Waals surface area contributed by atoms with Gasteiger partial charge in [0.25, 0.3) is 0 Å². The second-order valence-electron chi connectivity index (χ2n) is 4.49. The molecule has 0 saturated carbocycles. The van der Waals surface area contributed by atoms with Crippen LogP contribution < -0.4 is 5.73 Å². The standard InChI is InChI=1S/C10H22N2/c1-4-12-6-5-9(8-11)7-10(12,2)3/h9H,4-8,11H2,1-3H3. The van der Waals surface area contributed by atoms with Crippen molar-refractivity contribution in [3.63, 3.8) is 0 Å². The highest BCUT2D eigenvalue weighted by Gasteiger charge is 2.32. The Hall–Kier alpha value is -0.0800. The average Bonchev–Trinajstić information content (AvgIpc) is 2.02. The predicted octanol–water partition coefficient (Wildman–Crippen LogP) is 1.46. The van der Waals surface area contributed by atoms with Gasteiger partial charge in [-0.2, -0.15) is 0 Å². The molecule has 1 unspecified atom stereocenters. The highest BCUT2D eigenvalue weighted by atomic mass is 15.2. The van der Waals surface area contributed by atoms with Gasteiger partial charge in [0.2, 0.25) is 0 Å². The van der Waals surface area contributed by atoms with Crippen LogP contribution in [0, 0.1) is 5.92 Å². The van der Waals surface area contributed by atoms with Crippen LogP contribution >= 0.6 is 0 Å². The van der Waals surface area contributed by atoms with Crippen molar-refractivity contribution in [3.05, 3.63) is 0 Å². The molecule has 0 bridgehead atoms. The van der Waals surface area contributed by atoms with Gasteiger partial charge in [0.05, 0.1) is 0 Å². The third-order valence-corrected chi connectivity index (χ3v) is 3.17. The van der Waals surface area contributed by atoms with E-state index in [0.717, 1.165) is 12.5 Å². The molecule has 1 aliphatic rings. The number of likely N-dealkylation sites (tertiary alicyclic amines) is 1. The third-order valence-electron chi connectivity index (χ3n) is 3.17. The summed E-state index contributed by atoms with van der Waals surface area (Å²) in [6.07, 6.45) is 2.55. The zero-order chi connectivity index (χ0) is 9.19. The van der Waals surface area contributed by atoms with E-state index in [0.29, 0.717) is 5.54 Å². The number of piperidine rings is 1. The van der Waals surface area contributed by atoms with Crippen LogP contribution in [0.2, 0.25) is 0 Å². The van der Waals surface area contributed by atoms with Crippen LogP contribution in [0.1, 0.15) is 33.6 Å². The Morgan fingerprint density at radius 1 is 1.50 bits per heavy atom. The van der Waals surface area contributed by atoms with E-state index >= 15 is 0 Å². The first kappa shape index (κ1) is 10.0. The summed E-state index contributed by atoms with van der Waals surface area (Å²) in [6.45, 7) is 10.2. The van der Waals surface area contributed by atoms with Crippen LogP contribution in [0.4, 0.5) is 0 Å². The highest BCUT2D eigenvalue weighted by Crippen LogP contribution is 2.30. The second-order valence-corrected chi connectivity index (χ2v) is 4.49. The van der Waals surface area contributed by atoms with Crippen molar-refractivity contribution >= 4 is 0 Å². The number of hydrogen-bond donors (Lipinski definition) is 1. The minimum atomic E-state index is 0.372. The van der Waals surface area contributed by atoms with Gasteiger partial charge >= 0.3 is 0 Å². The molecule has 0 aromatic heterocycles. The van der Waals surface area contributed by atoms with Crippen LogP contribution in [-0.4, -0.2) is 30.1 Å². The Morgan fingerprint density at radius 2 is 2.17 bits per heavy atom. The Balaban J connectivity index is 2.54. The SMILES string of the molecule is CCN1CCC(CN)CC1(C)C. The summed E-state index contributed by atoms with van der Waals surface area (Å²) in [5.41, 5.74) is 6.06. The van der Waals surface area contributed by atoms with Crippen LogP contribution in [0.15, 0.2) is 0 Å². The monoisotopic (exact) mass is 170 g/mol. The molecule has 1 rings (SSSR count). The molecule has 0 aliphatic carbocycles. The van der Waals surface area contributed by atoms with Gasteiger partial charge in [-0.05, 0) is 52.2 Å². The lowest BCUT2D eigenvalue weighted by molar-refractivity contribution is 0.0542. The van der Waals surface area contributed by atoms with Gasteiger partial charge in [-0.25, -0.2) is 0 Å². The largest absolute Gasteiger partial charge is 0.330 e. The molecular formula is C10H22N2. The Labute approximate surface area is 76.1 Å². The first-order chi connectivity index (χ1) is 5.60. The van der Waals surface area contributed by atoms with Crippen LogP contribution in [0.3, 0.4) is 0 Å². The van der Waals surface area contributed by atoms with Crippen LogP contribution in [-0.2, 0) is 0 Å². The van der Waals surface area contributed by atoms with E-state index in [1.807, 2.05) is 0 Å². The number of nitrogens with zero attached hydrogens (tertiary/aromatic N) is 1. The first-order valence-electron chi connectivity index (χ1n) is 5.05. The maximum Gasteiger partial charge on any atom is 0.0156 e. The lowest BCUT2D eigenvalue weighted by Crippen LogP contribution is -2.50. The maximum atomic E-state index is 5.69. The van der Waals surface area contributed by atoms with E-state index in [4.69, 9.17) is 5.73 Å². The lowest BCUT2D eigenvalue weighted by atomic mass is 9.83. The van der Waals surface area contributed by atoms with Crippen molar-refractivity contribution in [2.24, 2.45) is 11.7 Å². The predicted molar refractivity (Wildman–Crippen MR) is 53.1 cm³/mol. The summed E-state index contributed by atoms with van der Waals surface area (Å²) in [7, 11) is 0. The second kappa shape index (κ2) is 3.75. The normalized spacial score (nSPS) is 30.5. The zero-order valence-electron chi connectivity index (χ0n) is 8.64. The fourth-order valence-corrected chi connectivity index (χ4v) is 2.37. The Kier molecular flexibility index (Phi) is 3.13. The fourth-order valence-electron chi connectivity index (χ4n) is 2.37. The summed E-state index contributed by atoms with van der Waals surface area (Å²) in [4.78, 5) is 2.55. The molecule has 0 amide bonds. The summed E-state index contributed by atoms with van der Waals surface area (Å²) >= 11 is 0. The Morgan fingerprint density at radius 3 is 2.58 bits per heavy atom. The molecule has 2 heteroatoms. The van der Waals surface area contributed by atoms with Gasteiger partial charge in [0.1, 0.15) is 0 Å². The number of nitrogens with two attached hydrogens (primary N) is 1. The molecule has 0 spiro atoms. The van der Waals surface area contributed by atoms with Gasteiger partial charge in [0, 0.05) is 5.54 Å². The fraction of sp³-hybridized carbons (Fsp3) is 1.00. The van der Waals surface area contributed by atoms with E-state index in [1.54, 1.807) is 0 Å². The van der Waals surface area contributed by atoms with Gasteiger partial charge in [-0.1, -0.05) is 6.92 Å². The molecule has 1 heterocycles. The van der Waals surface area contributed by atoms with E-state index < -0.39 is 0 Å². The lowest BCUT2D eigenvalue weighted by Gasteiger charge is -2.45. The maximum absolute atomic E-state index is 5.69. The van der Waals surface area contributed by atoms with E-state index in [-0.39, 0.29) is 0 Å². The van der Waals surface area contributed by atoms with Gasteiger partial charge < -0.3 is 5.73 Å². The minimum absolute atomic E-state index is 0.372. The van der Waals surface area contributed by atoms with Crippen molar-refractivity contribution in [1.29, 1.82) is 0 Å². The molecule has 1 fully saturated rings. The summed E-state index contributed by atoms with van der Waals surface area (Å²) in [5.74, 6) is 0.753. The molecule has 0 aromatic carbocycles. The first-order valence-corrected chi connectivity index (χ1v) is 5.05. The van der Waals surface area contributed by atoms with Crippen molar-refractivity contribution in [2.45, 2.75) is 39.2 Å². The van der Waals surface area contributed by atoms with Crippen LogP contribution in [0.25, 0.3) is 0 Å². The quantitative estimate of drug-likeness (QED) is 0.680. The molecule has 2 N–H and O–H groups in total. The molecule has 2 nitrogen and oxygen atoms in total. The highest BCUT2D eigenvalue weighted by molar-refractivity contribution is 4.88. The smallest absolute Gasteiger partial charge is 0.0156 e. The molecule has 1 saturated heterocycles.